The number of hydrogen-bond acceptors (Lipinski definition) is 1. The monoisotopic (exact) mass is 929 g/mol. The second-order valence-electron chi connectivity index (χ2n) is 18.9. The van der Waals surface area contributed by atoms with Crippen LogP contribution in [0.3, 0.4) is 0 Å². The highest BCUT2D eigenvalue weighted by molar-refractivity contribution is 6.19. The molecule has 0 aliphatic carbocycles. The van der Waals surface area contributed by atoms with Gasteiger partial charge in [0.05, 0.1) is 22.1 Å². The predicted molar refractivity (Wildman–Crippen MR) is 309 cm³/mol. The summed E-state index contributed by atoms with van der Waals surface area (Å²) in [6.07, 6.45) is 0. The lowest BCUT2D eigenvalue weighted by Crippen LogP contribution is -2.09. The smallest absolute Gasteiger partial charge is 0.0619 e. The highest BCUT2D eigenvalue weighted by atomic mass is 15.1. The van der Waals surface area contributed by atoms with Gasteiger partial charge < -0.3 is 14.0 Å². The van der Waals surface area contributed by atoms with Crippen LogP contribution in [0.25, 0.3) is 110 Å². The molecule has 342 valence electrons. The Balaban J connectivity index is 0.905. The van der Waals surface area contributed by atoms with Crippen LogP contribution in [0.4, 0.5) is 17.1 Å². The van der Waals surface area contributed by atoms with E-state index in [1.165, 1.54) is 93.3 Å². The van der Waals surface area contributed by atoms with Crippen LogP contribution in [0.5, 0.6) is 0 Å². The molecule has 0 bridgehead atoms. The fraction of sp³-hybridized carbons (Fsp3) is 0. The summed E-state index contributed by atoms with van der Waals surface area (Å²) in [5, 5.41) is 7.43. The Hall–Kier alpha value is -9.70. The number of para-hydroxylation sites is 5. The molecule has 0 spiro atoms. The van der Waals surface area contributed by atoms with Crippen LogP contribution in [-0.2, 0) is 0 Å². The zero-order valence-corrected chi connectivity index (χ0v) is 40.0. The fourth-order valence-corrected chi connectivity index (χ4v) is 11.2. The zero-order valence-electron chi connectivity index (χ0n) is 40.0. The van der Waals surface area contributed by atoms with Crippen molar-refractivity contribution in [2.75, 3.05) is 4.90 Å². The molecule has 0 aliphatic rings. The molecule has 0 atom stereocenters. The maximum atomic E-state index is 2.44. The summed E-state index contributed by atoms with van der Waals surface area (Å²) in [4.78, 5) is 2.30. The van der Waals surface area contributed by atoms with Crippen molar-refractivity contribution in [3.63, 3.8) is 0 Å². The van der Waals surface area contributed by atoms with E-state index in [0.717, 1.165) is 34.0 Å². The molecule has 0 aliphatic heterocycles. The van der Waals surface area contributed by atoms with Gasteiger partial charge in [0.2, 0.25) is 0 Å². The molecular formula is C70H47N3. The maximum Gasteiger partial charge on any atom is 0.0619 e. The summed E-state index contributed by atoms with van der Waals surface area (Å²) in [6.45, 7) is 0. The summed E-state index contributed by atoms with van der Waals surface area (Å²) in [7, 11) is 0. The number of nitrogens with zero attached hydrogens (tertiary/aromatic N) is 3. The van der Waals surface area contributed by atoms with Crippen molar-refractivity contribution in [1.29, 1.82) is 0 Å². The van der Waals surface area contributed by atoms with Crippen LogP contribution in [0.2, 0.25) is 0 Å². The second kappa shape index (κ2) is 17.6. The third kappa shape index (κ3) is 7.37. The molecule has 3 nitrogen and oxygen atoms in total. The number of rotatable bonds is 9. The molecule has 2 aromatic heterocycles. The van der Waals surface area contributed by atoms with Crippen LogP contribution in [0, 0.1) is 0 Å². The van der Waals surface area contributed by atoms with Crippen molar-refractivity contribution < 1.29 is 0 Å². The summed E-state index contributed by atoms with van der Waals surface area (Å²) in [5.74, 6) is 0. The van der Waals surface area contributed by atoms with E-state index in [-0.39, 0.29) is 0 Å². The molecule has 3 heteroatoms. The molecule has 2 heterocycles. The van der Waals surface area contributed by atoms with E-state index in [1.807, 2.05) is 0 Å². The third-order valence-corrected chi connectivity index (χ3v) is 14.7. The van der Waals surface area contributed by atoms with Gasteiger partial charge in [-0.05, 0) is 159 Å². The topological polar surface area (TPSA) is 13.1 Å². The minimum atomic E-state index is 1.11. The van der Waals surface area contributed by atoms with Gasteiger partial charge in [-0.25, -0.2) is 0 Å². The minimum absolute atomic E-state index is 1.11. The van der Waals surface area contributed by atoms with Crippen molar-refractivity contribution in [2.45, 2.75) is 0 Å². The van der Waals surface area contributed by atoms with Gasteiger partial charge >= 0.3 is 0 Å². The zero-order chi connectivity index (χ0) is 48.2. The van der Waals surface area contributed by atoms with Crippen LogP contribution in [0.15, 0.2) is 285 Å². The average molecular weight is 930 g/mol. The van der Waals surface area contributed by atoms with E-state index in [9.17, 15) is 0 Å². The van der Waals surface area contributed by atoms with Gasteiger partial charge in [0, 0.05) is 55.4 Å². The fourth-order valence-electron chi connectivity index (χ4n) is 11.2. The minimum Gasteiger partial charge on any atom is -0.311 e. The molecule has 0 unspecified atom stereocenters. The first-order chi connectivity index (χ1) is 36.2. The number of aromatic nitrogens is 2. The lowest BCUT2D eigenvalue weighted by molar-refractivity contribution is 1.18. The van der Waals surface area contributed by atoms with Gasteiger partial charge in [-0.3, -0.25) is 0 Å². The highest BCUT2D eigenvalue weighted by Gasteiger charge is 2.19. The van der Waals surface area contributed by atoms with Crippen LogP contribution in [0.1, 0.15) is 0 Å². The summed E-state index contributed by atoms with van der Waals surface area (Å²) in [5.41, 5.74) is 19.8. The molecular weight excluding hydrogens is 883 g/mol. The Morgan fingerprint density at radius 1 is 0.219 bits per heavy atom. The van der Waals surface area contributed by atoms with Crippen molar-refractivity contribution in [1.82, 2.24) is 9.13 Å². The average Bonchev–Trinajstić information content (AvgIpc) is 4.01. The Kier molecular flexibility index (Phi) is 10.2. The van der Waals surface area contributed by atoms with Crippen molar-refractivity contribution in [3.05, 3.63) is 285 Å². The molecule has 0 saturated carbocycles. The van der Waals surface area contributed by atoms with Crippen molar-refractivity contribution in [3.8, 4) is 55.9 Å². The Bertz CT molecular complexity index is 4290. The van der Waals surface area contributed by atoms with Crippen LogP contribution >= 0.6 is 0 Å². The van der Waals surface area contributed by atoms with Gasteiger partial charge in [0.15, 0.2) is 0 Å². The number of hydrogen-bond donors (Lipinski definition) is 0. The highest BCUT2D eigenvalue weighted by Crippen LogP contribution is 2.42. The molecule has 73 heavy (non-hydrogen) atoms. The lowest BCUT2D eigenvalue weighted by atomic mass is 9.91. The predicted octanol–water partition coefficient (Wildman–Crippen LogP) is 19.2. The van der Waals surface area contributed by atoms with Gasteiger partial charge in [0.25, 0.3) is 0 Å². The quantitative estimate of drug-likeness (QED) is 0.141. The largest absolute Gasteiger partial charge is 0.311 e. The first-order valence-electron chi connectivity index (χ1n) is 25.1. The summed E-state index contributed by atoms with van der Waals surface area (Å²) in [6, 6.07) is 104. The molecule has 0 radical (unpaired) electrons. The van der Waals surface area contributed by atoms with Crippen molar-refractivity contribution in [2.24, 2.45) is 0 Å². The standard InChI is InChI=1S/C70H47N3/c1-5-18-57(19-6-1)71(58-20-7-2-8-21-58)61-38-33-49(34-39-61)48-29-31-50(32-30-48)54-43-55(52-36-41-68-65(46-52)63-27-15-16-28-67(63)72(68)59-22-9-3-10-23-59)45-56(44-54)53-37-42-69-66(47-53)64-40-35-51-17-13-14-26-62(51)70(64)73(69)60-24-11-4-12-25-60/h1-47H. The Morgan fingerprint density at radius 3 is 1.21 bits per heavy atom. The third-order valence-electron chi connectivity index (χ3n) is 14.7. The number of anilines is 3. The van der Waals surface area contributed by atoms with E-state index in [2.05, 4.69) is 299 Å². The molecule has 0 amide bonds. The SMILES string of the molecule is c1ccc(N(c2ccccc2)c2ccc(-c3ccc(-c4cc(-c5ccc6c(c5)c5ccccc5n6-c5ccccc5)cc(-c5ccc6c(c5)c5ccc7ccccc7c5n6-c5ccccc5)c4)cc3)cc2)cc1. The Labute approximate surface area is 424 Å². The normalized spacial score (nSPS) is 11.6. The van der Waals surface area contributed by atoms with Crippen molar-refractivity contribution >= 4 is 71.4 Å². The lowest BCUT2D eigenvalue weighted by Gasteiger charge is -2.25. The molecule has 0 N–H and O–H groups in total. The second-order valence-corrected chi connectivity index (χ2v) is 18.9. The van der Waals surface area contributed by atoms with Crippen LogP contribution in [-0.4, -0.2) is 9.13 Å². The van der Waals surface area contributed by atoms with Gasteiger partial charge in [-0.2, -0.15) is 0 Å². The first-order valence-corrected chi connectivity index (χ1v) is 25.1. The maximum absolute atomic E-state index is 2.44. The molecule has 0 saturated heterocycles. The first kappa shape index (κ1) is 42.2. The van der Waals surface area contributed by atoms with E-state index in [1.54, 1.807) is 0 Å². The van der Waals surface area contributed by atoms with Gasteiger partial charge in [-0.1, -0.05) is 176 Å². The van der Waals surface area contributed by atoms with E-state index < -0.39 is 0 Å². The van der Waals surface area contributed by atoms with Gasteiger partial charge in [0.1, 0.15) is 0 Å². The van der Waals surface area contributed by atoms with E-state index >= 15 is 0 Å². The molecule has 14 rings (SSSR count). The molecule has 0 fully saturated rings. The molecule has 14 aromatic rings. The number of benzene rings is 12. The molecule has 12 aromatic carbocycles. The number of fused-ring (bicyclic) bond motifs is 8. The van der Waals surface area contributed by atoms with Gasteiger partial charge in [-0.15, -0.1) is 0 Å². The summed E-state index contributed by atoms with van der Waals surface area (Å²) >= 11 is 0. The Morgan fingerprint density at radius 2 is 0.616 bits per heavy atom. The van der Waals surface area contributed by atoms with Crippen LogP contribution < -0.4 is 4.90 Å². The van der Waals surface area contributed by atoms with E-state index in [4.69, 9.17) is 0 Å². The summed E-state index contributed by atoms with van der Waals surface area (Å²) < 4.78 is 4.83. The van der Waals surface area contributed by atoms with E-state index in [0.29, 0.717) is 0 Å².